The largest absolute Gasteiger partial charge is 0.512 e. The number of hydrogen-bond acceptors (Lipinski definition) is 4. The van der Waals surface area contributed by atoms with Crippen LogP contribution in [0.5, 0.6) is 0 Å². The van der Waals surface area contributed by atoms with Gasteiger partial charge < -0.3 is 13.9 Å². The number of hydrogen-bond donors (Lipinski definition) is 1. The number of rotatable bonds is 7. The quantitative estimate of drug-likeness (QED) is 0.0574. The van der Waals surface area contributed by atoms with Crippen LogP contribution in [0.25, 0.3) is 71.1 Å². The van der Waals surface area contributed by atoms with E-state index in [-0.39, 0.29) is 43.5 Å². The Labute approximate surface area is 281 Å². The number of aliphatic hydroxyl groups excluding tert-OH is 1. The fourth-order valence-corrected chi connectivity index (χ4v) is 6.84. The summed E-state index contributed by atoms with van der Waals surface area (Å²) in [6.07, 6.45) is 4.91. The number of carbonyl (C=O) groups is 1. The zero-order valence-corrected chi connectivity index (χ0v) is 29.0. The number of carbonyl (C=O) groups excluding carboxylic acids is 1. The Morgan fingerprint density at radius 2 is 1.54 bits per heavy atom. The van der Waals surface area contributed by atoms with Crippen molar-refractivity contribution >= 4 is 76.9 Å². The molecule has 1 radical (unpaired) electrons. The topological polar surface area (TPSA) is 67.7 Å². The maximum absolute atomic E-state index is 11.7. The first kappa shape index (κ1) is 31.7. The van der Waals surface area contributed by atoms with E-state index < -0.39 is 0 Å². The van der Waals surface area contributed by atoms with Crippen LogP contribution in [-0.4, -0.2) is 20.3 Å². The van der Waals surface area contributed by atoms with Crippen molar-refractivity contribution in [1.82, 2.24) is 9.38 Å². The van der Waals surface area contributed by atoms with E-state index in [1.807, 2.05) is 39.8 Å². The molecule has 8 rings (SSSR count). The van der Waals surface area contributed by atoms with Gasteiger partial charge in [0, 0.05) is 60.0 Å². The van der Waals surface area contributed by atoms with Crippen LogP contribution in [0.3, 0.4) is 0 Å². The third-order valence-corrected chi connectivity index (χ3v) is 9.42. The number of pyridine rings is 2. The van der Waals surface area contributed by atoms with Gasteiger partial charge in [0.25, 0.3) is 0 Å². The second-order valence-corrected chi connectivity index (χ2v) is 12.0. The van der Waals surface area contributed by atoms with Crippen LogP contribution < -0.4 is 0 Å². The molecule has 1 N–H and O–H groups in total. The van der Waals surface area contributed by atoms with E-state index >= 15 is 0 Å². The molecule has 0 spiro atoms. The molecular formula is C40H37IrN2O3-. The van der Waals surface area contributed by atoms with Crippen molar-refractivity contribution in [2.75, 3.05) is 0 Å². The summed E-state index contributed by atoms with van der Waals surface area (Å²) in [7, 11) is 0. The van der Waals surface area contributed by atoms with E-state index in [0.29, 0.717) is 0 Å². The normalized spacial score (nSPS) is 12.3. The molecule has 4 heterocycles. The van der Waals surface area contributed by atoms with Gasteiger partial charge in [-0.05, 0) is 66.1 Å². The van der Waals surface area contributed by atoms with Crippen LogP contribution in [-0.2, 0) is 24.9 Å². The number of aliphatic hydroxyl groups is 1. The first-order valence-electron chi connectivity index (χ1n) is 16.1. The van der Waals surface area contributed by atoms with Crippen LogP contribution in [0, 0.1) is 17.9 Å². The van der Waals surface area contributed by atoms with Crippen molar-refractivity contribution in [2.45, 2.75) is 53.4 Å². The van der Waals surface area contributed by atoms with Gasteiger partial charge in [0.05, 0.1) is 22.4 Å². The molecule has 8 aromatic rings. The maximum Gasteiger partial charge on any atom is 0.162 e. The molecule has 0 bridgehead atoms. The van der Waals surface area contributed by atoms with Crippen LogP contribution in [0.4, 0.5) is 0 Å². The van der Waals surface area contributed by atoms with E-state index in [2.05, 4.69) is 77.2 Å². The molecule has 0 atom stereocenters. The molecule has 0 aliphatic rings. The Kier molecular flexibility index (Phi) is 8.87. The smallest absolute Gasteiger partial charge is 0.162 e. The van der Waals surface area contributed by atoms with Crippen molar-refractivity contribution in [3.63, 3.8) is 0 Å². The van der Waals surface area contributed by atoms with E-state index in [9.17, 15) is 9.90 Å². The average Bonchev–Trinajstić information content (AvgIpc) is 3.46. The molecule has 0 aliphatic heterocycles. The van der Waals surface area contributed by atoms with Gasteiger partial charge in [-0.15, -0.1) is 17.5 Å². The Hall–Kier alpha value is -4.25. The molecule has 0 saturated heterocycles. The Bertz CT molecular complexity index is 2370. The zero-order chi connectivity index (χ0) is 31.2. The number of nitrogens with zero attached hydrogens (tertiary/aromatic N) is 2. The monoisotopic (exact) mass is 786 g/mol. The average molecular weight is 786 g/mol. The number of aromatic nitrogens is 2. The minimum atomic E-state index is 0. The first-order valence-corrected chi connectivity index (χ1v) is 16.1. The van der Waals surface area contributed by atoms with Gasteiger partial charge in [0.15, 0.2) is 5.78 Å². The van der Waals surface area contributed by atoms with Crippen LogP contribution in [0.1, 0.15) is 53.4 Å². The molecule has 235 valence electrons. The molecule has 0 aliphatic carbocycles. The summed E-state index contributed by atoms with van der Waals surface area (Å²) in [5, 5.41) is 16.3. The summed E-state index contributed by atoms with van der Waals surface area (Å²) < 4.78 is 8.87. The molecule has 46 heavy (non-hydrogen) atoms. The predicted molar refractivity (Wildman–Crippen MR) is 186 cm³/mol. The Morgan fingerprint density at radius 1 is 0.848 bits per heavy atom. The van der Waals surface area contributed by atoms with Crippen molar-refractivity contribution in [2.24, 2.45) is 11.8 Å². The summed E-state index contributed by atoms with van der Waals surface area (Å²) >= 11 is 0. The van der Waals surface area contributed by atoms with Crippen LogP contribution in [0.2, 0.25) is 0 Å². The van der Waals surface area contributed by atoms with Crippen molar-refractivity contribution in [1.29, 1.82) is 0 Å². The fraction of sp³-hybridized carbons (Fsp3) is 0.250. The standard InChI is InChI=1S/C27H13N2O.C13H24O2.Ir/c1-3-9-18-15(6-1)12-20-24-19(13-16-7-2-4-10-21(16)28-24)22-14-17-8-5-11-23-25(17)29(22)26(20)27(18)30-23;1-5-10(6-2)12(14)9-13(15)11(7-3)8-4;/h1-11,13-14H;9-11,14H,5-8H2,1-4H3;/q-1;;/b;12-9-;. The predicted octanol–water partition coefficient (Wildman–Crippen LogP) is 11.0. The van der Waals surface area contributed by atoms with Crippen LogP contribution >= 0.6 is 0 Å². The summed E-state index contributed by atoms with van der Waals surface area (Å²) in [4.78, 5) is 16.8. The summed E-state index contributed by atoms with van der Waals surface area (Å²) in [6, 6.07) is 31.1. The van der Waals surface area contributed by atoms with E-state index in [1.165, 1.54) is 11.5 Å². The second-order valence-electron chi connectivity index (χ2n) is 12.0. The molecule has 0 fully saturated rings. The second kappa shape index (κ2) is 12.9. The molecule has 6 heteroatoms. The number of fused-ring (bicyclic) bond motifs is 6. The SMILES string of the molecule is CCC(CC)C(=O)/C=C(\O)C(CC)CC.[Ir].[c-]1c2ccccc2c2oc3cccc4cc5c6cc7ccccc7nc6c1c2n5c43. The van der Waals surface area contributed by atoms with Crippen molar-refractivity contribution < 1.29 is 34.4 Å². The molecular weight excluding hydrogens is 749 g/mol. The molecule has 0 amide bonds. The summed E-state index contributed by atoms with van der Waals surface area (Å²) in [5.41, 5.74) is 7.07. The first-order chi connectivity index (χ1) is 22.0. The minimum absolute atomic E-state index is 0. The Balaban J connectivity index is 0.000000201. The Morgan fingerprint density at radius 3 is 2.30 bits per heavy atom. The molecule has 5 nitrogen and oxygen atoms in total. The molecule has 4 aromatic heterocycles. The van der Waals surface area contributed by atoms with Crippen molar-refractivity contribution in [3.05, 3.63) is 96.8 Å². The fourth-order valence-electron chi connectivity index (χ4n) is 6.84. The van der Waals surface area contributed by atoms with Gasteiger partial charge in [-0.25, -0.2) is 0 Å². The van der Waals surface area contributed by atoms with Gasteiger partial charge in [0.1, 0.15) is 5.58 Å². The van der Waals surface area contributed by atoms with Crippen molar-refractivity contribution in [3.8, 4) is 0 Å². The molecule has 4 aromatic carbocycles. The third kappa shape index (κ3) is 5.14. The number of ketones is 1. The van der Waals surface area contributed by atoms with Gasteiger partial charge in [0.2, 0.25) is 0 Å². The molecule has 0 unspecified atom stereocenters. The van der Waals surface area contributed by atoms with Gasteiger partial charge in [-0.3, -0.25) is 9.78 Å². The van der Waals surface area contributed by atoms with E-state index in [4.69, 9.17) is 9.40 Å². The van der Waals surface area contributed by atoms with Gasteiger partial charge in [-0.2, -0.15) is 0 Å². The van der Waals surface area contributed by atoms with Crippen LogP contribution in [0.15, 0.2) is 95.1 Å². The number of allylic oxidation sites excluding steroid dienone is 2. The number of para-hydroxylation sites is 2. The van der Waals surface area contributed by atoms with E-state index in [0.717, 1.165) is 91.4 Å². The van der Waals surface area contributed by atoms with E-state index in [1.54, 1.807) is 0 Å². The maximum atomic E-state index is 11.7. The minimum Gasteiger partial charge on any atom is -0.512 e. The van der Waals surface area contributed by atoms with Gasteiger partial charge in [-0.1, -0.05) is 81.6 Å². The molecule has 0 saturated carbocycles. The summed E-state index contributed by atoms with van der Waals surface area (Å²) in [6.45, 7) is 8.07. The van der Waals surface area contributed by atoms with Gasteiger partial charge >= 0.3 is 0 Å². The zero-order valence-electron chi connectivity index (χ0n) is 26.6. The number of benzene rings is 4. The summed E-state index contributed by atoms with van der Waals surface area (Å²) in [5.74, 6) is 0.547. The third-order valence-electron chi connectivity index (χ3n) is 9.42.